The van der Waals surface area contributed by atoms with Crippen LogP contribution >= 0.6 is 56.7 Å². The molecule has 11 atom stereocenters. The summed E-state index contributed by atoms with van der Waals surface area (Å²) in [7, 11) is 9.28. The number of aromatic nitrogens is 7. The molecule has 8 N–H and O–H groups in total. The number of rotatable bonds is 14. The van der Waals surface area contributed by atoms with Crippen molar-refractivity contribution in [1.29, 1.82) is 5.26 Å². The van der Waals surface area contributed by atoms with Crippen molar-refractivity contribution >= 4 is 115 Å². The molecular formula is C66H71N15O18S5. The third-order valence-corrected chi connectivity index (χ3v) is 22.0. The molecule has 548 valence electrons. The van der Waals surface area contributed by atoms with E-state index >= 15 is 19.2 Å². The van der Waals surface area contributed by atoms with E-state index in [0.29, 0.717) is 16.5 Å². The van der Waals surface area contributed by atoms with Crippen molar-refractivity contribution in [3.63, 3.8) is 0 Å². The van der Waals surface area contributed by atoms with E-state index in [1.807, 2.05) is 0 Å². The number of aliphatic hydroxyl groups excluding tert-OH is 2. The molecule has 0 radical (unpaired) electrons. The Morgan fingerprint density at radius 1 is 0.856 bits per heavy atom. The van der Waals surface area contributed by atoms with Crippen molar-refractivity contribution in [2.24, 2.45) is 0 Å². The van der Waals surface area contributed by atoms with Gasteiger partial charge in [-0.2, -0.15) is 9.99 Å². The van der Waals surface area contributed by atoms with E-state index in [2.05, 4.69) is 42.6 Å². The average Bonchev–Trinajstić information content (AvgIpc) is 1.59. The van der Waals surface area contributed by atoms with E-state index in [-0.39, 0.29) is 125 Å². The van der Waals surface area contributed by atoms with Crippen LogP contribution in [0.1, 0.15) is 125 Å². The van der Waals surface area contributed by atoms with Crippen molar-refractivity contribution in [3.8, 4) is 44.5 Å². The van der Waals surface area contributed by atoms with Crippen molar-refractivity contribution in [1.82, 2.24) is 71.0 Å². The van der Waals surface area contributed by atoms with Gasteiger partial charge in [0, 0.05) is 62.9 Å². The predicted octanol–water partition coefficient (Wildman–Crippen LogP) is 3.83. The highest BCUT2D eigenvalue weighted by atomic mass is 32.1. The molecule has 12 bridgehead atoms. The van der Waals surface area contributed by atoms with Crippen LogP contribution in [-0.4, -0.2) is 224 Å². The van der Waals surface area contributed by atoms with Crippen molar-refractivity contribution in [2.75, 3.05) is 68.8 Å². The van der Waals surface area contributed by atoms with Gasteiger partial charge >= 0.3 is 11.9 Å². The molecule has 8 aromatic rings. The fourth-order valence-corrected chi connectivity index (χ4v) is 16.9. The number of thiazole rings is 5. The maximum atomic E-state index is 15.4. The number of carbonyl (C=O) groups is 7. The highest BCUT2D eigenvalue weighted by Gasteiger charge is 2.50. The van der Waals surface area contributed by atoms with Gasteiger partial charge in [-0.3, -0.25) is 24.0 Å². The maximum absolute atomic E-state index is 15.4. The Balaban J connectivity index is 1.04. The standard InChI is InChI=1S/C66H71N15O18S5/c1-28(83)45-58(88)77-46(29(2)92-8)61-72-40(27-102-61)57(87)78-49-51-52(99-43-17-66(4,91)53(79(5)6)30(3)98-43)65(90)96-20-31-12-11-13-41-44(31)34(21-95-51)50(81(41)94-10)64(89)97-22-35(69-55(85)38-26-104-63(49)74-38)60-70-36(23-101-60)47-33(59-71-39(24-100-59)56(86)76-45)16-42(93-9)48(75-47)62-73-37(25-103-62)54(84)68-32(18-67)19-80(7)14-15-82/h11-13,16,23-28,30,32,35,43,45,49,51-53,82-83,91H,14-15,17,19-22H2,1-10H3,(H,68,84)(H,69,85)(H,76,86)(H,77,88)(H,78,87)/b46-29+/t28?,30?,32-,35?,43?,45?,49?,51?,52?,53?,66?/m1/s1. The molecular weight excluding hydrogens is 1450 g/mol. The summed E-state index contributed by atoms with van der Waals surface area (Å²) >= 11 is 4.83. The van der Waals surface area contributed by atoms with Gasteiger partial charge in [-0.05, 0) is 66.5 Å². The molecule has 4 aliphatic rings. The number of esters is 2. The van der Waals surface area contributed by atoms with Gasteiger partial charge in [-0.25, -0.2) is 39.5 Å². The fraction of sp³-hybridized carbons (Fsp3) is 0.424. The van der Waals surface area contributed by atoms with Gasteiger partial charge in [-0.1, -0.05) is 12.1 Å². The van der Waals surface area contributed by atoms with Crippen LogP contribution in [0.4, 0.5) is 0 Å². The molecule has 33 nitrogen and oxygen atoms in total. The first-order chi connectivity index (χ1) is 49.8. The Morgan fingerprint density at radius 2 is 1.54 bits per heavy atom. The lowest BCUT2D eigenvalue weighted by atomic mass is 9.85. The number of nitriles is 1. The normalized spacial score (nSPS) is 23.6. The van der Waals surface area contributed by atoms with E-state index in [1.165, 1.54) is 61.4 Å². The Morgan fingerprint density at radius 3 is 2.24 bits per heavy atom. The van der Waals surface area contributed by atoms with Crippen molar-refractivity contribution < 1.29 is 86.9 Å². The molecule has 1 fully saturated rings. The lowest BCUT2D eigenvalue weighted by Gasteiger charge is -2.48. The summed E-state index contributed by atoms with van der Waals surface area (Å²) in [5.41, 5.74) is -1.08. The number of pyridine rings is 1. The van der Waals surface area contributed by atoms with E-state index < -0.39 is 128 Å². The van der Waals surface area contributed by atoms with Gasteiger partial charge in [-0.15, -0.1) is 56.7 Å². The molecule has 7 aromatic heterocycles. The van der Waals surface area contributed by atoms with Crippen LogP contribution in [0.25, 0.3) is 49.3 Å². The number of amides is 5. The zero-order chi connectivity index (χ0) is 74.2. The molecule has 10 unspecified atom stereocenters. The fourth-order valence-electron chi connectivity index (χ4n) is 12.7. The SMILES string of the molecule is CO/C(C)=C1/NC(=O)C(C(C)O)NC(=O)c2csc(n2)-c2cc(OC)c(-c3nc(C(=O)N[C@H](C#N)CN(C)CCO)cs3)nc2-c2csc(n2)C2COC(=O)c3c4c5c(cccc5n3OC)COC(=O)C(OC3CC(C)(O)C(N(C)C)C(C)O3)C(OC4)C(NC(=O)c3csc1n3)c1nc(cs1)C(=O)N2. The average molecular weight is 1520 g/mol. The number of likely N-dealkylation sites (N-methyl/N-ethyl adjacent to an activating group) is 2. The molecule has 4 aliphatic heterocycles. The molecule has 38 heteroatoms. The van der Waals surface area contributed by atoms with Crippen LogP contribution in [0.5, 0.6) is 5.75 Å². The first-order valence-electron chi connectivity index (χ1n) is 32.2. The predicted molar refractivity (Wildman–Crippen MR) is 376 cm³/mol. The number of cyclic esters (lactones) is 2. The second-order valence-electron chi connectivity index (χ2n) is 25.0. The monoisotopic (exact) mass is 1520 g/mol. The largest absolute Gasteiger partial charge is 0.499 e. The molecule has 0 saturated carbocycles. The highest BCUT2D eigenvalue weighted by Crippen LogP contribution is 2.43. The topological polar surface area (TPSA) is 427 Å². The van der Waals surface area contributed by atoms with Gasteiger partial charge in [0.1, 0.15) is 133 Å². The van der Waals surface area contributed by atoms with Crippen LogP contribution in [0.15, 0.2) is 56.9 Å². The summed E-state index contributed by atoms with van der Waals surface area (Å²) in [5, 5.41) is 64.6. The number of ether oxygens (including phenoxy) is 7. The Hall–Kier alpha value is -9.34. The number of aliphatic hydroxyl groups is 3. The van der Waals surface area contributed by atoms with Gasteiger partial charge in [0.25, 0.3) is 23.6 Å². The second-order valence-corrected chi connectivity index (χ2v) is 29.4. The van der Waals surface area contributed by atoms with Crippen LogP contribution in [0.3, 0.4) is 0 Å². The third kappa shape index (κ3) is 15.2. The van der Waals surface area contributed by atoms with Gasteiger partial charge in [0.15, 0.2) is 18.1 Å². The lowest BCUT2D eigenvalue weighted by Crippen LogP contribution is -2.62. The van der Waals surface area contributed by atoms with E-state index in [0.717, 1.165) is 56.7 Å². The summed E-state index contributed by atoms with van der Waals surface area (Å²) in [4.78, 5) is 142. The van der Waals surface area contributed by atoms with E-state index in [9.17, 15) is 35.0 Å². The molecule has 5 amide bonds. The number of carbonyl (C=O) groups excluding carboxylic acids is 7. The minimum Gasteiger partial charge on any atom is -0.499 e. The Kier molecular flexibility index (Phi) is 22.3. The number of benzene rings is 1. The van der Waals surface area contributed by atoms with Crippen molar-refractivity contribution in [3.05, 3.63) is 112 Å². The summed E-state index contributed by atoms with van der Waals surface area (Å²) in [6, 6.07) is 2.53. The molecule has 0 aliphatic carbocycles. The zero-order valence-electron chi connectivity index (χ0n) is 57.4. The number of methoxy groups -OCH3 is 2. The number of hydrogen-bond acceptors (Lipinski definition) is 32. The number of nitrogens with one attached hydrogen (secondary N) is 5. The maximum Gasteiger partial charge on any atom is 0.358 e. The molecule has 1 saturated heterocycles. The summed E-state index contributed by atoms with van der Waals surface area (Å²) in [5.74, 6) is -6.10. The van der Waals surface area contributed by atoms with Gasteiger partial charge in [0.05, 0.1) is 62.9 Å². The number of nitrogens with zero attached hydrogens (tertiary/aromatic N) is 10. The summed E-state index contributed by atoms with van der Waals surface area (Å²) in [6.45, 7) is 4.76. The minimum atomic E-state index is -1.88. The minimum absolute atomic E-state index is 0.00627. The van der Waals surface area contributed by atoms with Crippen molar-refractivity contribution in [2.45, 2.75) is 114 Å². The lowest BCUT2D eigenvalue weighted by molar-refractivity contribution is -0.280. The number of allylic oxidation sites excluding steroid dienone is 1. The van der Waals surface area contributed by atoms with Gasteiger partial charge in [0.2, 0.25) is 5.91 Å². The molecule has 0 spiro atoms. The van der Waals surface area contributed by atoms with E-state index in [1.54, 1.807) is 74.4 Å². The summed E-state index contributed by atoms with van der Waals surface area (Å²) < 4.78 is 45.4. The van der Waals surface area contributed by atoms with Crippen LogP contribution in [0, 0.1) is 11.3 Å². The Labute approximate surface area is 613 Å². The Bertz CT molecular complexity index is 4710. The zero-order valence-corrected chi connectivity index (χ0v) is 61.5. The summed E-state index contributed by atoms with van der Waals surface area (Å²) in [6.07, 6.45) is -7.39. The number of fused-ring (bicyclic) bond motifs is 15. The smallest absolute Gasteiger partial charge is 0.358 e. The molecule has 1 aromatic carbocycles. The van der Waals surface area contributed by atoms with Gasteiger partial charge < -0.3 is 89.7 Å². The highest BCUT2D eigenvalue weighted by molar-refractivity contribution is 7.14. The quantitative estimate of drug-likeness (QED) is 0.0566. The molecule has 104 heavy (non-hydrogen) atoms. The van der Waals surface area contributed by atoms with Crippen LogP contribution in [-0.2, 0) is 51.2 Å². The third-order valence-electron chi connectivity index (χ3n) is 17.6. The number of hydrogen-bond donors (Lipinski definition) is 8. The molecule has 11 heterocycles. The van der Waals surface area contributed by atoms with Crippen LogP contribution in [0.2, 0.25) is 0 Å². The molecule has 12 rings (SSSR count). The van der Waals surface area contributed by atoms with Crippen LogP contribution < -0.4 is 36.2 Å². The first-order valence-corrected chi connectivity index (χ1v) is 36.6. The second kappa shape index (κ2) is 31.2. The van der Waals surface area contributed by atoms with E-state index in [4.69, 9.17) is 57.9 Å². The first kappa shape index (κ1) is 74.4.